The fraction of sp³-hybridized carbons (Fsp3) is 0.222. The van der Waals surface area contributed by atoms with E-state index in [0.717, 1.165) is 15.8 Å². The second-order valence-electron chi connectivity index (χ2n) is 5.36. The van der Waals surface area contributed by atoms with Gasteiger partial charge in [0, 0.05) is 21.5 Å². The Morgan fingerprint density at radius 3 is 2.92 bits per heavy atom. The largest absolute Gasteiger partial charge is 0.507 e. The van der Waals surface area contributed by atoms with E-state index in [-0.39, 0.29) is 18.1 Å². The van der Waals surface area contributed by atoms with Gasteiger partial charge in [-0.3, -0.25) is 4.79 Å². The van der Waals surface area contributed by atoms with E-state index in [9.17, 15) is 9.90 Å². The number of halogens is 2. The van der Waals surface area contributed by atoms with Gasteiger partial charge in [0.1, 0.15) is 11.5 Å². The average molecular weight is 426 g/mol. The normalized spacial score (nSPS) is 10.8. The molecule has 2 N–H and O–H groups in total. The summed E-state index contributed by atoms with van der Waals surface area (Å²) in [6.07, 6.45) is 2.24. The molecule has 2 aromatic rings. The molecule has 0 heterocycles. The van der Waals surface area contributed by atoms with Crippen molar-refractivity contribution in [2.24, 2.45) is 5.10 Å². The summed E-state index contributed by atoms with van der Waals surface area (Å²) in [5, 5.41) is 14.2. The molecule has 0 saturated heterocycles. The fourth-order valence-corrected chi connectivity index (χ4v) is 2.65. The molecular weight excluding hydrogens is 408 g/mol. The van der Waals surface area contributed by atoms with Crippen molar-refractivity contribution in [3.8, 4) is 11.5 Å². The van der Waals surface area contributed by atoms with Crippen LogP contribution in [0.4, 0.5) is 0 Å². The monoisotopic (exact) mass is 424 g/mol. The number of aromatic hydroxyl groups is 1. The number of aryl methyl sites for hydroxylation is 1. The summed E-state index contributed by atoms with van der Waals surface area (Å²) in [4.78, 5) is 11.7. The first-order valence-corrected chi connectivity index (χ1v) is 8.82. The van der Waals surface area contributed by atoms with Gasteiger partial charge in [0.2, 0.25) is 5.91 Å². The molecule has 2 aromatic carbocycles. The van der Waals surface area contributed by atoms with Crippen molar-refractivity contribution < 1.29 is 14.6 Å². The third-order valence-electron chi connectivity index (χ3n) is 3.33. The van der Waals surface area contributed by atoms with Crippen LogP contribution in [-0.4, -0.2) is 23.8 Å². The molecule has 0 aliphatic rings. The van der Waals surface area contributed by atoms with Crippen LogP contribution in [0.5, 0.6) is 11.5 Å². The van der Waals surface area contributed by atoms with Crippen molar-refractivity contribution in [2.45, 2.75) is 19.8 Å². The smallest absolute Gasteiger partial charge is 0.240 e. The molecular formula is C18H18BrClN2O3. The lowest BCUT2D eigenvalue weighted by molar-refractivity contribution is -0.121. The number of carbonyl (C=O) groups excluding carboxylic acids is 1. The Kier molecular flexibility index (Phi) is 7.28. The van der Waals surface area contributed by atoms with E-state index in [1.807, 2.05) is 19.1 Å². The van der Waals surface area contributed by atoms with Crippen LogP contribution in [0.25, 0.3) is 0 Å². The van der Waals surface area contributed by atoms with Gasteiger partial charge < -0.3 is 9.84 Å². The first-order chi connectivity index (χ1) is 12.0. The average Bonchev–Trinajstić information content (AvgIpc) is 2.56. The molecule has 0 bridgehead atoms. The van der Waals surface area contributed by atoms with Crippen molar-refractivity contribution in [2.75, 3.05) is 6.61 Å². The summed E-state index contributed by atoms with van der Waals surface area (Å²) in [5.74, 6) is 0.628. The molecule has 0 aliphatic carbocycles. The Morgan fingerprint density at radius 1 is 1.36 bits per heavy atom. The molecule has 0 atom stereocenters. The number of hydrazone groups is 1. The third-order valence-corrected chi connectivity index (χ3v) is 4.05. The Labute approximate surface area is 159 Å². The maximum absolute atomic E-state index is 11.7. The lowest BCUT2D eigenvalue weighted by Gasteiger charge is -2.08. The number of phenolic OH excluding ortho intramolecular Hbond substituents is 1. The lowest BCUT2D eigenvalue weighted by atomic mass is 10.2. The number of nitrogens with one attached hydrogen (secondary N) is 1. The van der Waals surface area contributed by atoms with E-state index in [4.69, 9.17) is 16.3 Å². The number of benzene rings is 2. The third kappa shape index (κ3) is 6.40. The van der Waals surface area contributed by atoms with Crippen molar-refractivity contribution in [3.05, 3.63) is 57.0 Å². The van der Waals surface area contributed by atoms with Crippen molar-refractivity contribution in [1.82, 2.24) is 5.43 Å². The Hall–Kier alpha value is -2.05. The second kappa shape index (κ2) is 9.44. The Morgan fingerprint density at radius 2 is 2.16 bits per heavy atom. The van der Waals surface area contributed by atoms with Gasteiger partial charge in [-0.25, -0.2) is 5.43 Å². The fourth-order valence-electron chi connectivity index (χ4n) is 2.05. The van der Waals surface area contributed by atoms with Gasteiger partial charge >= 0.3 is 0 Å². The molecule has 132 valence electrons. The molecule has 0 aromatic heterocycles. The quantitative estimate of drug-likeness (QED) is 0.392. The molecule has 1 amide bonds. The molecule has 0 unspecified atom stereocenters. The van der Waals surface area contributed by atoms with Gasteiger partial charge in [-0.2, -0.15) is 5.10 Å². The van der Waals surface area contributed by atoms with Crippen LogP contribution in [0.3, 0.4) is 0 Å². The van der Waals surface area contributed by atoms with Gasteiger partial charge in [0.25, 0.3) is 0 Å². The maximum Gasteiger partial charge on any atom is 0.240 e. The van der Waals surface area contributed by atoms with Crippen LogP contribution in [0.15, 0.2) is 46.0 Å². The van der Waals surface area contributed by atoms with Gasteiger partial charge in [-0.05, 0) is 55.3 Å². The summed E-state index contributed by atoms with van der Waals surface area (Å²) >= 11 is 9.20. The molecule has 0 radical (unpaired) electrons. The SMILES string of the molecule is Cc1cc(Cl)ccc1OCCCC(=O)N/N=C/c1cc(Br)ccc1O. The minimum Gasteiger partial charge on any atom is -0.507 e. The highest BCUT2D eigenvalue weighted by molar-refractivity contribution is 9.10. The van der Waals surface area contributed by atoms with Crippen LogP contribution in [0, 0.1) is 6.92 Å². The van der Waals surface area contributed by atoms with Crippen molar-refractivity contribution in [1.29, 1.82) is 0 Å². The standard InChI is InChI=1S/C18H18BrClN2O3/c1-12-9-15(20)5-7-17(12)25-8-2-3-18(24)22-21-11-13-10-14(19)4-6-16(13)23/h4-7,9-11,23H,2-3,8H2,1H3,(H,22,24)/b21-11+. The molecule has 5 nitrogen and oxygen atoms in total. The van der Waals surface area contributed by atoms with E-state index in [0.29, 0.717) is 23.6 Å². The summed E-state index contributed by atoms with van der Waals surface area (Å²) in [6.45, 7) is 2.34. The summed E-state index contributed by atoms with van der Waals surface area (Å²) in [5.41, 5.74) is 3.89. The molecule has 25 heavy (non-hydrogen) atoms. The lowest BCUT2D eigenvalue weighted by Crippen LogP contribution is -2.18. The minimum absolute atomic E-state index is 0.0907. The molecule has 0 fully saturated rings. The molecule has 0 saturated carbocycles. The number of hydrogen-bond acceptors (Lipinski definition) is 4. The van der Waals surface area contributed by atoms with Crippen molar-refractivity contribution in [3.63, 3.8) is 0 Å². The first-order valence-electron chi connectivity index (χ1n) is 7.65. The number of rotatable bonds is 7. The predicted octanol–water partition coefficient (Wildman–Crippen LogP) is 4.43. The molecule has 0 aliphatic heterocycles. The summed E-state index contributed by atoms with van der Waals surface area (Å²) < 4.78 is 6.44. The van der Waals surface area contributed by atoms with E-state index in [1.54, 1.807) is 24.3 Å². The van der Waals surface area contributed by atoms with E-state index in [1.165, 1.54) is 6.21 Å². The highest BCUT2D eigenvalue weighted by atomic mass is 79.9. The molecule has 2 rings (SSSR count). The number of amides is 1. The first kappa shape index (κ1) is 19.3. The van der Waals surface area contributed by atoms with Crippen LogP contribution in [0.2, 0.25) is 5.02 Å². The molecule has 0 spiro atoms. The Balaban J connectivity index is 1.72. The van der Waals surface area contributed by atoms with E-state index in [2.05, 4.69) is 26.5 Å². The predicted molar refractivity (Wildman–Crippen MR) is 102 cm³/mol. The number of phenols is 1. The number of carbonyl (C=O) groups is 1. The molecule has 7 heteroatoms. The van der Waals surface area contributed by atoms with E-state index >= 15 is 0 Å². The number of nitrogens with zero attached hydrogens (tertiary/aromatic N) is 1. The van der Waals surface area contributed by atoms with Crippen LogP contribution >= 0.6 is 27.5 Å². The van der Waals surface area contributed by atoms with Gasteiger partial charge in [-0.1, -0.05) is 27.5 Å². The van der Waals surface area contributed by atoms with E-state index < -0.39 is 0 Å². The maximum atomic E-state index is 11.7. The van der Waals surface area contributed by atoms with Gasteiger partial charge in [-0.15, -0.1) is 0 Å². The zero-order valence-corrected chi connectivity index (χ0v) is 16.0. The topological polar surface area (TPSA) is 70.9 Å². The summed E-state index contributed by atoms with van der Waals surface area (Å²) in [7, 11) is 0. The van der Waals surface area contributed by atoms with Gasteiger partial charge in [0.15, 0.2) is 0 Å². The highest BCUT2D eigenvalue weighted by Gasteiger charge is 2.03. The second-order valence-corrected chi connectivity index (χ2v) is 6.71. The van der Waals surface area contributed by atoms with Gasteiger partial charge in [0.05, 0.1) is 12.8 Å². The summed E-state index contributed by atoms with van der Waals surface area (Å²) in [6, 6.07) is 10.4. The number of ether oxygens (including phenoxy) is 1. The van der Waals surface area contributed by atoms with Crippen LogP contribution in [0.1, 0.15) is 24.0 Å². The highest BCUT2D eigenvalue weighted by Crippen LogP contribution is 2.22. The zero-order chi connectivity index (χ0) is 18.2. The van der Waals surface area contributed by atoms with Crippen molar-refractivity contribution >= 4 is 39.7 Å². The number of hydrogen-bond donors (Lipinski definition) is 2. The van der Waals surface area contributed by atoms with Crippen LogP contribution in [-0.2, 0) is 4.79 Å². The Bertz CT molecular complexity index is 781. The zero-order valence-electron chi connectivity index (χ0n) is 13.6. The minimum atomic E-state index is -0.220. The van der Waals surface area contributed by atoms with Crippen LogP contribution < -0.4 is 10.2 Å².